The number of nitrogens with zero attached hydrogens (tertiary/aromatic N) is 2. The number of likely N-dealkylation sites (N-methyl/N-ethyl adjacent to an activating group) is 1. The molecule has 1 aromatic heterocycles. The molecule has 3 nitrogen and oxygen atoms in total. The van der Waals surface area contributed by atoms with Crippen LogP contribution in [-0.2, 0) is 0 Å². The molecule has 0 atom stereocenters. The Hall–Kier alpha value is -1.74. The summed E-state index contributed by atoms with van der Waals surface area (Å²) in [5, 5.41) is 0. The van der Waals surface area contributed by atoms with Gasteiger partial charge in [0.15, 0.2) is 0 Å². The van der Waals surface area contributed by atoms with Gasteiger partial charge >= 0.3 is 0 Å². The van der Waals surface area contributed by atoms with Crippen molar-refractivity contribution in [3.05, 3.63) is 42.7 Å². The maximum absolute atomic E-state index is 5.40. The number of furan rings is 1. The number of benzene rings is 1. The molecule has 0 N–H and O–H groups in total. The number of anilines is 1. The van der Waals surface area contributed by atoms with Crippen molar-refractivity contribution in [3.63, 3.8) is 0 Å². The van der Waals surface area contributed by atoms with E-state index < -0.39 is 0 Å². The van der Waals surface area contributed by atoms with E-state index in [1.54, 1.807) is 6.26 Å². The van der Waals surface area contributed by atoms with Crippen LogP contribution in [0.4, 0.5) is 5.69 Å². The first kappa shape index (κ1) is 11.4. The second kappa shape index (κ2) is 4.86. The van der Waals surface area contributed by atoms with Crippen molar-refractivity contribution >= 4 is 5.69 Å². The fraction of sp³-hybridized carbons (Fsp3) is 0.333. The molecule has 1 saturated heterocycles. The van der Waals surface area contributed by atoms with Gasteiger partial charge in [-0.1, -0.05) is 0 Å². The molecule has 1 fully saturated rings. The highest BCUT2D eigenvalue weighted by Crippen LogP contribution is 2.24. The van der Waals surface area contributed by atoms with E-state index in [1.165, 1.54) is 5.69 Å². The Morgan fingerprint density at radius 3 is 2.28 bits per heavy atom. The topological polar surface area (TPSA) is 19.6 Å². The predicted molar refractivity (Wildman–Crippen MR) is 73.9 cm³/mol. The summed E-state index contributed by atoms with van der Waals surface area (Å²) >= 11 is 0. The van der Waals surface area contributed by atoms with Gasteiger partial charge in [0, 0.05) is 37.4 Å². The SMILES string of the molecule is CN1CCN(c2ccc(-c3ccco3)cc2)CC1. The third-order valence-electron chi connectivity index (χ3n) is 3.54. The highest BCUT2D eigenvalue weighted by atomic mass is 16.3. The molecule has 0 saturated carbocycles. The summed E-state index contributed by atoms with van der Waals surface area (Å²) in [7, 11) is 2.18. The minimum absolute atomic E-state index is 0.930. The lowest BCUT2D eigenvalue weighted by atomic mass is 10.1. The van der Waals surface area contributed by atoms with E-state index in [0.29, 0.717) is 0 Å². The largest absolute Gasteiger partial charge is 0.464 e. The molecule has 0 radical (unpaired) electrons. The van der Waals surface area contributed by atoms with Crippen LogP contribution in [0.15, 0.2) is 47.1 Å². The van der Waals surface area contributed by atoms with Crippen molar-refractivity contribution in [2.24, 2.45) is 0 Å². The third kappa shape index (κ3) is 2.27. The van der Waals surface area contributed by atoms with Crippen LogP contribution in [0.3, 0.4) is 0 Å². The molecule has 1 aliphatic rings. The highest BCUT2D eigenvalue weighted by molar-refractivity contribution is 5.61. The zero-order valence-corrected chi connectivity index (χ0v) is 10.7. The fourth-order valence-corrected chi connectivity index (χ4v) is 2.34. The van der Waals surface area contributed by atoms with E-state index in [0.717, 1.165) is 37.5 Å². The molecule has 0 bridgehead atoms. The van der Waals surface area contributed by atoms with Gasteiger partial charge in [0.2, 0.25) is 0 Å². The normalized spacial score (nSPS) is 17.1. The Kier molecular flexibility index (Phi) is 3.07. The zero-order chi connectivity index (χ0) is 12.4. The Morgan fingerprint density at radius 1 is 0.944 bits per heavy atom. The van der Waals surface area contributed by atoms with Gasteiger partial charge in [0.1, 0.15) is 5.76 Å². The molecule has 0 unspecified atom stereocenters. The van der Waals surface area contributed by atoms with Crippen LogP contribution < -0.4 is 4.90 Å². The fourth-order valence-electron chi connectivity index (χ4n) is 2.34. The summed E-state index contributed by atoms with van der Waals surface area (Å²) in [4.78, 5) is 4.81. The minimum atomic E-state index is 0.930. The average molecular weight is 242 g/mol. The molecule has 1 aliphatic heterocycles. The summed E-state index contributed by atoms with van der Waals surface area (Å²) in [6.45, 7) is 4.49. The highest BCUT2D eigenvalue weighted by Gasteiger charge is 2.14. The zero-order valence-electron chi connectivity index (χ0n) is 10.7. The molecular formula is C15H18N2O. The second-order valence-electron chi connectivity index (χ2n) is 4.81. The van der Waals surface area contributed by atoms with Crippen LogP contribution in [0.25, 0.3) is 11.3 Å². The summed E-state index contributed by atoms with van der Waals surface area (Å²) in [6.07, 6.45) is 1.71. The molecular weight excluding hydrogens is 224 g/mol. The van der Waals surface area contributed by atoms with E-state index >= 15 is 0 Å². The Morgan fingerprint density at radius 2 is 1.67 bits per heavy atom. The Balaban J connectivity index is 1.75. The maximum atomic E-state index is 5.40. The lowest BCUT2D eigenvalue weighted by molar-refractivity contribution is 0.313. The van der Waals surface area contributed by atoms with Crippen LogP contribution >= 0.6 is 0 Å². The quantitative estimate of drug-likeness (QED) is 0.807. The summed E-state index contributed by atoms with van der Waals surface area (Å²) in [6, 6.07) is 12.5. The third-order valence-corrected chi connectivity index (χ3v) is 3.54. The minimum Gasteiger partial charge on any atom is -0.464 e. The molecule has 1 aromatic carbocycles. The van der Waals surface area contributed by atoms with Gasteiger partial charge in [0.05, 0.1) is 6.26 Å². The van der Waals surface area contributed by atoms with Crippen molar-refractivity contribution < 1.29 is 4.42 Å². The molecule has 94 valence electrons. The Labute approximate surface area is 108 Å². The van der Waals surface area contributed by atoms with Gasteiger partial charge in [-0.15, -0.1) is 0 Å². The van der Waals surface area contributed by atoms with Crippen molar-refractivity contribution in [1.82, 2.24) is 4.90 Å². The van der Waals surface area contributed by atoms with Crippen molar-refractivity contribution in [2.45, 2.75) is 0 Å². The summed E-state index contributed by atoms with van der Waals surface area (Å²) in [5.74, 6) is 0.930. The summed E-state index contributed by atoms with van der Waals surface area (Å²) in [5.41, 5.74) is 2.44. The molecule has 0 aliphatic carbocycles. The smallest absolute Gasteiger partial charge is 0.133 e. The lowest BCUT2D eigenvalue weighted by Crippen LogP contribution is -2.44. The van der Waals surface area contributed by atoms with Gasteiger partial charge < -0.3 is 14.2 Å². The van der Waals surface area contributed by atoms with E-state index in [-0.39, 0.29) is 0 Å². The van der Waals surface area contributed by atoms with Crippen LogP contribution in [0.1, 0.15) is 0 Å². The Bertz CT molecular complexity index is 482. The second-order valence-corrected chi connectivity index (χ2v) is 4.81. The van der Waals surface area contributed by atoms with Crippen LogP contribution in [0.5, 0.6) is 0 Å². The van der Waals surface area contributed by atoms with E-state index in [9.17, 15) is 0 Å². The molecule has 0 amide bonds. The number of hydrogen-bond acceptors (Lipinski definition) is 3. The summed E-state index contributed by atoms with van der Waals surface area (Å²) < 4.78 is 5.40. The van der Waals surface area contributed by atoms with Crippen LogP contribution in [0, 0.1) is 0 Å². The van der Waals surface area contributed by atoms with E-state index in [1.807, 2.05) is 12.1 Å². The van der Waals surface area contributed by atoms with E-state index in [4.69, 9.17) is 4.42 Å². The first-order valence-corrected chi connectivity index (χ1v) is 6.40. The van der Waals surface area contributed by atoms with Gasteiger partial charge in [-0.05, 0) is 43.4 Å². The first-order chi connectivity index (χ1) is 8.83. The maximum Gasteiger partial charge on any atom is 0.133 e. The van der Waals surface area contributed by atoms with Gasteiger partial charge in [-0.3, -0.25) is 0 Å². The first-order valence-electron chi connectivity index (χ1n) is 6.40. The van der Waals surface area contributed by atoms with Crippen LogP contribution in [-0.4, -0.2) is 38.1 Å². The monoisotopic (exact) mass is 242 g/mol. The molecule has 0 spiro atoms. The lowest BCUT2D eigenvalue weighted by Gasteiger charge is -2.34. The van der Waals surface area contributed by atoms with Gasteiger partial charge in [0.25, 0.3) is 0 Å². The molecule has 2 heterocycles. The van der Waals surface area contributed by atoms with E-state index in [2.05, 4.69) is 41.1 Å². The average Bonchev–Trinajstić information content (AvgIpc) is 2.94. The van der Waals surface area contributed by atoms with Gasteiger partial charge in [-0.2, -0.15) is 0 Å². The van der Waals surface area contributed by atoms with Crippen molar-refractivity contribution in [3.8, 4) is 11.3 Å². The predicted octanol–water partition coefficient (Wildman–Crippen LogP) is 2.70. The number of rotatable bonds is 2. The molecule has 2 aromatic rings. The molecule has 3 rings (SSSR count). The molecule has 3 heteroatoms. The number of piperazine rings is 1. The molecule has 18 heavy (non-hydrogen) atoms. The van der Waals surface area contributed by atoms with Crippen molar-refractivity contribution in [1.29, 1.82) is 0 Å². The number of hydrogen-bond donors (Lipinski definition) is 0. The van der Waals surface area contributed by atoms with Crippen LogP contribution in [0.2, 0.25) is 0 Å². The van der Waals surface area contributed by atoms with Gasteiger partial charge in [-0.25, -0.2) is 0 Å². The standard InChI is InChI=1S/C15H18N2O/c1-16-8-10-17(11-9-16)14-6-4-13(5-7-14)15-3-2-12-18-15/h2-7,12H,8-11H2,1H3. The van der Waals surface area contributed by atoms with Crippen molar-refractivity contribution in [2.75, 3.05) is 38.1 Å².